The molecular formula is C10H9BrClN3. The number of halogens is 2. The van der Waals surface area contributed by atoms with Crippen LogP contribution in [0.25, 0.3) is 11.4 Å². The number of rotatable bonds is 2. The van der Waals surface area contributed by atoms with Gasteiger partial charge in [0.2, 0.25) is 0 Å². The molecule has 0 N–H and O–H groups in total. The summed E-state index contributed by atoms with van der Waals surface area (Å²) in [6.07, 6.45) is 1.70. The van der Waals surface area contributed by atoms with Crippen molar-refractivity contribution in [2.24, 2.45) is 0 Å². The lowest BCUT2D eigenvalue weighted by atomic mass is 10.2. The number of hydrogen-bond acceptors (Lipinski definition) is 2. The van der Waals surface area contributed by atoms with Gasteiger partial charge in [0, 0.05) is 16.6 Å². The molecule has 1 aromatic heterocycles. The second-order valence-corrected chi connectivity index (χ2v) is 4.39. The van der Waals surface area contributed by atoms with Crippen LogP contribution < -0.4 is 0 Å². The van der Waals surface area contributed by atoms with Crippen LogP contribution in [0.4, 0.5) is 0 Å². The lowest BCUT2D eigenvalue weighted by Crippen LogP contribution is -1.96. The molecule has 0 bridgehead atoms. The number of nitrogens with zero attached hydrogens (tertiary/aromatic N) is 3. The summed E-state index contributed by atoms with van der Waals surface area (Å²) in [5, 5.41) is 8.63. The SMILES string of the molecule is CCn1cnnc1-c1cc(Br)ccc1Cl. The van der Waals surface area contributed by atoms with Crippen molar-refractivity contribution in [3.63, 3.8) is 0 Å². The van der Waals surface area contributed by atoms with Crippen LogP contribution in [0, 0.1) is 0 Å². The molecule has 1 heterocycles. The zero-order valence-electron chi connectivity index (χ0n) is 8.11. The molecule has 0 amide bonds. The first-order chi connectivity index (χ1) is 7.22. The van der Waals surface area contributed by atoms with Crippen LogP contribution in [0.3, 0.4) is 0 Å². The highest BCUT2D eigenvalue weighted by atomic mass is 79.9. The molecular weight excluding hydrogens is 277 g/mol. The number of aryl methyl sites for hydroxylation is 1. The van der Waals surface area contributed by atoms with E-state index in [1.807, 2.05) is 29.7 Å². The van der Waals surface area contributed by atoms with Crippen LogP contribution in [0.2, 0.25) is 5.02 Å². The van der Waals surface area contributed by atoms with E-state index in [0.717, 1.165) is 22.4 Å². The summed E-state index contributed by atoms with van der Waals surface area (Å²) in [6, 6.07) is 5.69. The largest absolute Gasteiger partial charge is 0.314 e. The topological polar surface area (TPSA) is 30.7 Å². The number of benzene rings is 1. The summed E-state index contributed by atoms with van der Waals surface area (Å²) in [6.45, 7) is 2.87. The van der Waals surface area contributed by atoms with Crippen molar-refractivity contribution < 1.29 is 0 Å². The highest BCUT2D eigenvalue weighted by Crippen LogP contribution is 2.29. The molecule has 0 radical (unpaired) electrons. The van der Waals surface area contributed by atoms with Gasteiger partial charge in [-0.3, -0.25) is 0 Å². The Morgan fingerprint density at radius 1 is 1.47 bits per heavy atom. The van der Waals surface area contributed by atoms with Crippen LogP contribution in [-0.2, 0) is 6.54 Å². The Bertz CT molecular complexity index is 481. The van der Waals surface area contributed by atoms with Crippen molar-refractivity contribution >= 4 is 27.5 Å². The fraction of sp³-hybridized carbons (Fsp3) is 0.200. The first-order valence-corrected chi connectivity index (χ1v) is 5.72. The van der Waals surface area contributed by atoms with Crippen molar-refractivity contribution in [3.8, 4) is 11.4 Å². The highest BCUT2D eigenvalue weighted by molar-refractivity contribution is 9.10. The molecule has 78 valence electrons. The average Bonchev–Trinajstić information content (AvgIpc) is 2.69. The number of aromatic nitrogens is 3. The maximum Gasteiger partial charge on any atom is 0.165 e. The van der Waals surface area contributed by atoms with E-state index < -0.39 is 0 Å². The molecule has 0 unspecified atom stereocenters. The predicted molar refractivity (Wildman–Crippen MR) is 63.8 cm³/mol. The number of hydrogen-bond donors (Lipinski definition) is 0. The Hall–Kier alpha value is -0.870. The smallest absolute Gasteiger partial charge is 0.165 e. The molecule has 0 aliphatic rings. The predicted octanol–water partition coefficient (Wildman–Crippen LogP) is 3.38. The summed E-state index contributed by atoms with van der Waals surface area (Å²) >= 11 is 9.53. The Labute approximate surface area is 101 Å². The normalized spacial score (nSPS) is 10.6. The van der Waals surface area contributed by atoms with E-state index in [-0.39, 0.29) is 0 Å². The Kier molecular flexibility index (Phi) is 3.07. The van der Waals surface area contributed by atoms with Crippen molar-refractivity contribution in [1.82, 2.24) is 14.8 Å². The second kappa shape index (κ2) is 4.33. The second-order valence-electron chi connectivity index (χ2n) is 3.06. The maximum atomic E-state index is 6.11. The van der Waals surface area contributed by atoms with Gasteiger partial charge in [-0.25, -0.2) is 0 Å². The van der Waals surface area contributed by atoms with Crippen molar-refractivity contribution in [3.05, 3.63) is 34.0 Å². The third kappa shape index (κ3) is 2.06. The molecule has 2 rings (SSSR count). The van der Waals surface area contributed by atoms with E-state index in [4.69, 9.17) is 11.6 Å². The van der Waals surface area contributed by atoms with Crippen molar-refractivity contribution in [2.75, 3.05) is 0 Å². The van der Waals surface area contributed by atoms with E-state index in [0.29, 0.717) is 5.02 Å². The quantitative estimate of drug-likeness (QED) is 0.847. The minimum absolute atomic E-state index is 0.681. The molecule has 0 saturated heterocycles. The minimum atomic E-state index is 0.681. The first kappa shape index (κ1) is 10.6. The van der Waals surface area contributed by atoms with Crippen LogP contribution in [0.15, 0.2) is 29.0 Å². The molecule has 0 aliphatic carbocycles. The molecule has 1 aromatic carbocycles. The lowest BCUT2D eigenvalue weighted by molar-refractivity contribution is 0.767. The van der Waals surface area contributed by atoms with E-state index in [9.17, 15) is 0 Å². The van der Waals surface area contributed by atoms with E-state index in [2.05, 4.69) is 26.1 Å². The van der Waals surface area contributed by atoms with Gasteiger partial charge in [0.05, 0.1) is 5.02 Å². The van der Waals surface area contributed by atoms with Gasteiger partial charge < -0.3 is 4.57 Å². The first-order valence-electron chi connectivity index (χ1n) is 4.55. The van der Waals surface area contributed by atoms with Gasteiger partial charge in [0.1, 0.15) is 6.33 Å². The molecule has 0 spiro atoms. The molecule has 3 nitrogen and oxygen atoms in total. The molecule has 0 aliphatic heterocycles. The zero-order valence-corrected chi connectivity index (χ0v) is 10.5. The van der Waals surface area contributed by atoms with Crippen molar-refractivity contribution in [1.29, 1.82) is 0 Å². The summed E-state index contributed by atoms with van der Waals surface area (Å²) in [4.78, 5) is 0. The summed E-state index contributed by atoms with van der Waals surface area (Å²) in [5.74, 6) is 0.795. The third-order valence-electron chi connectivity index (χ3n) is 2.13. The minimum Gasteiger partial charge on any atom is -0.314 e. The van der Waals surface area contributed by atoms with Crippen LogP contribution in [0.1, 0.15) is 6.92 Å². The van der Waals surface area contributed by atoms with E-state index in [1.165, 1.54) is 0 Å². The van der Waals surface area contributed by atoms with Gasteiger partial charge in [0.25, 0.3) is 0 Å². The van der Waals surface area contributed by atoms with Crippen LogP contribution in [-0.4, -0.2) is 14.8 Å². The fourth-order valence-electron chi connectivity index (χ4n) is 1.36. The van der Waals surface area contributed by atoms with Gasteiger partial charge in [-0.2, -0.15) is 0 Å². The molecule has 0 fully saturated rings. The van der Waals surface area contributed by atoms with Gasteiger partial charge in [-0.05, 0) is 25.1 Å². The Morgan fingerprint density at radius 3 is 3.00 bits per heavy atom. The molecule has 0 saturated carbocycles. The Morgan fingerprint density at radius 2 is 2.27 bits per heavy atom. The van der Waals surface area contributed by atoms with Gasteiger partial charge in [-0.1, -0.05) is 27.5 Å². The lowest BCUT2D eigenvalue weighted by Gasteiger charge is -2.05. The maximum absolute atomic E-state index is 6.11. The van der Waals surface area contributed by atoms with Gasteiger partial charge in [-0.15, -0.1) is 10.2 Å². The highest BCUT2D eigenvalue weighted by Gasteiger charge is 2.10. The fourth-order valence-corrected chi connectivity index (χ4v) is 1.93. The monoisotopic (exact) mass is 285 g/mol. The van der Waals surface area contributed by atoms with Gasteiger partial charge >= 0.3 is 0 Å². The standard InChI is InChI=1S/C10H9BrClN3/c1-2-15-6-13-14-10(15)8-5-7(11)3-4-9(8)12/h3-6H,2H2,1H3. The summed E-state index contributed by atoms with van der Waals surface area (Å²) in [5.41, 5.74) is 0.894. The van der Waals surface area contributed by atoms with Crippen molar-refractivity contribution in [2.45, 2.75) is 13.5 Å². The third-order valence-corrected chi connectivity index (χ3v) is 2.95. The summed E-state index contributed by atoms with van der Waals surface area (Å²) in [7, 11) is 0. The van der Waals surface area contributed by atoms with Crippen LogP contribution >= 0.6 is 27.5 Å². The molecule has 15 heavy (non-hydrogen) atoms. The average molecular weight is 287 g/mol. The van der Waals surface area contributed by atoms with E-state index >= 15 is 0 Å². The van der Waals surface area contributed by atoms with Crippen LogP contribution in [0.5, 0.6) is 0 Å². The van der Waals surface area contributed by atoms with Gasteiger partial charge in [0.15, 0.2) is 5.82 Å². The zero-order chi connectivity index (χ0) is 10.8. The Balaban J connectivity index is 2.58. The molecule has 0 atom stereocenters. The summed E-state index contributed by atoms with van der Waals surface area (Å²) < 4.78 is 2.93. The molecule has 2 aromatic rings. The molecule has 5 heteroatoms. The van der Waals surface area contributed by atoms with E-state index in [1.54, 1.807) is 6.33 Å².